The van der Waals surface area contributed by atoms with Crippen LogP contribution < -0.4 is 4.74 Å². The number of thiophene rings is 1. The molecule has 0 fully saturated rings. The summed E-state index contributed by atoms with van der Waals surface area (Å²) in [6, 6.07) is 9.84. The second kappa shape index (κ2) is 6.23. The first-order chi connectivity index (χ1) is 9.47. The number of hydrogen-bond donors (Lipinski definition) is 0. The average Bonchev–Trinajstić information content (AvgIpc) is 2.82. The van der Waals surface area contributed by atoms with Crippen molar-refractivity contribution < 1.29 is 9.53 Å². The first-order valence-corrected chi connectivity index (χ1v) is 7.62. The van der Waals surface area contributed by atoms with Crippen LogP contribution in [0.2, 0.25) is 0 Å². The van der Waals surface area contributed by atoms with Gasteiger partial charge in [-0.15, -0.1) is 11.3 Å². The van der Waals surface area contributed by atoms with Crippen LogP contribution in [-0.2, 0) is 0 Å². The second-order valence-corrected chi connectivity index (χ2v) is 6.58. The lowest BCUT2D eigenvalue weighted by atomic mass is 9.98. The summed E-state index contributed by atoms with van der Waals surface area (Å²) in [5.74, 6) is 1.29. The molecule has 0 saturated heterocycles. The van der Waals surface area contributed by atoms with E-state index in [1.165, 1.54) is 22.5 Å². The summed E-state index contributed by atoms with van der Waals surface area (Å²) >= 11 is 1.51. The number of carbonyl (C=O) groups excluding carboxylic acids is 1. The molecule has 2 nitrogen and oxygen atoms in total. The van der Waals surface area contributed by atoms with Gasteiger partial charge in [-0.2, -0.15) is 0 Å². The van der Waals surface area contributed by atoms with Gasteiger partial charge in [-0.3, -0.25) is 4.79 Å². The number of ketones is 1. The molecule has 0 amide bonds. The van der Waals surface area contributed by atoms with Crippen LogP contribution in [0.15, 0.2) is 30.3 Å². The zero-order valence-electron chi connectivity index (χ0n) is 12.4. The van der Waals surface area contributed by atoms with Crippen molar-refractivity contribution in [1.82, 2.24) is 0 Å². The van der Waals surface area contributed by atoms with Gasteiger partial charge in [-0.25, -0.2) is 0 Å². The van der Waals surface area contributed by atoms with Crippen LogP contribution in [0.1, 0.15) is 45.4 Å². The third kappa shape index (κ3) is 3.48. The van der Waals surface area contributed by atoms with Gasteiger partial charge < -0.3 is 4.74 Å². The number of Topliss-reactive ketones (excluding diaryl/α,β-unsaturated/α-hetero) is 1. The molecular weight excluding hydrogens is 268 g/mol. The number of rotatable bonds is 5. The Labute approximate surface area is 124 Å². The summed E-state index contributed by atoms with van der Waals surface area (Å²) < 4.78 is 5.60. The maximum atomic E-state index is 12.0. The van der Waals surface area contributed by atoms with Crippen LogP contribution in [0.25, 0.3) is 0 Å². The van der Waals surface area contributed by atoms with E-state index in [2.05, 4.69) is 26.8 Å². The van der Waals surface area contributed by atoms with E-state index in [0.29, 0.717) is 5.92 Å². The van der Waals surface area contributed by atoms with Crippen molar-refractivity contribution in [2.45, 2.75) is 33.6 Å². The fourth-order valence-corrected chi connectivity index (χ4v) is 2.98. The summed E-state index contributed by atoms with van der Waals surface area (Å²) in [6.07, 6.45) is 0. The zero-order valence-corrected chi connectivity index (χ0v) is 13.2. The van der Waals surface area contributed by atoms with Gasteiger partial charge in [0.2, 0.25) is 5.78 Å². The molecule has 2 aromatic rings. The molecule has 0 aliphatic rings. The normalized spacial score (nSPS) is 10.8. The molecule has 0 aliphatic heterocycles. The highest BCUT2D eigenvalue weighted by atomic mass is 32.1. The molecule has 0 aliphatic carbocycles. The van der Waals surface area contributed by atoms with E-state index in [9.17, 15) is 4.79 Å². The van der Waals surface area contributed by atoms with E-state index in [4.69, 9.17) is 4.74 Å². The van der Waals surface area contributed by atoms with Gasteiger partial charge in [-0.1, -0.05) is 19.9 Å². The van der Waals surface area contributed by atoms with Crippen molar-refractivity contribution in [2.75, 3.05) is 6.61 Å². The van der Waals surface area contributed by atoms with Crippen LogP contribution in [-0.4, -0.2) is 12.4 Å². The summed E-state index contributed by atoms with van der Waals surface area (Å²) in [4.78, 5) is 13.9. The molecule has 0 spiro atoms. The number of carbonyl (C=O) groups is 1. The summed E-state index contributed by atoms with van der Waals surface area (Å²) in [6.45, 7) is 8.51. The largest absolute Gasteiger partial charge is 0.485 e. The lowest BCUT2D eigenvalue weighted by Gasteiger charge is -2.12. The Balaban J connectivity index is 2.01. The molecule has 0 N–H and O–H groups in total. The SMILES string of the molecule is Cc1ccc(C(=O)COc2ccc(C(C)C)c(C)c2)s1. The summed E-state index contributed by atoms with van der Waals surface area (Å²) in [7, 11) is 0. The monoisotopic (exact) mass is 288 g/mol. The minimum absolute atomic E-state index is 0.0358. The van der Waals surface area contributed by atoms with Gasteiger partial charge in [-0.05, 0) is 55.2 Å². The van der Waals surface area contributed by atoms with Crippen molar-refractivity contribution >= 4 is 17.1 Å². The third-order valence-corrected chi connectivity index (χ3v) is 4.29. The maximum Gasteiger partial charge on any atom is 0.210 e. The number of ether oxygens (including phenoxy) is 1. The van der Waals surface area contributed by atoms with Crippen molar-refractivity contribution in [2.24, 2.45) is 0 Å². The van der Waals surface area contributed by atoms with E-state index in [1.807, 2.05) is 31.2 Å². The highest BCUT2D eigenvalue weighted by Crippen LogP contribution is 2.24. The quantitative estimate of drug-likeness (QED) is 0.742. The molecule has 0 unspecified atom stereocenters. The van der Waals surface area contributed by atoms with Crippen LogP contribution >= 0.6 is 11.3 Å². The number of benzene rings is 1. The topological polar surface area (TPSA) is 26.3 Å². The Hall–Kier alpha value is -1.61. The lowest BCUT2D eigenvalue weighted by molar-refractivity contribution is 0.0925. The van der Waals surface area contributed by atoms with Crippen LogP contribution in [0, 0.1) is 13.8 Å². The van der Waals surface area contributed by atoms with Crippen molar-refractivity contribution in [3.05, 3.63) is 51.2 Å². The second-order valence-electron chi connectivity index (χ2n) is 5.30. The fraction of sp³-hybridized carbons (Fsp3) is 0.353. The molecule has 1 heterocycles. The molecule has 106 valence electrons. The number of hydrogen-bond acceptors (Lipinski definition) is 3. The van der Waals surface area contributed by atoms with Crippen LogP contribution in [0.3, 0.4) is 0 Å². The standard InChI is InChI=1S/C17H20O2S/c1-11(2)15-7-6-14(9-12(15)3)19-10-16(18)17-8-5-13(4)20-17/h5-9,11H,10H2,1-4H3. The van der Waals surface area contributed by atoms with Gasteiger partial charge in [0.25, 0.3) is 0 Å². The molecule has 1 aromatic heterocycles. The Morgan fingerprint density at radius 2 is 1.95 bits per heavy atom. The van der Waals surface area contributed by atoms with Crippen molar-refractivity contribution in [3.8, 4) is 5.75 Å². The Morgan fingerprint density at radius 1 is 1.20 bits per heavy atom. The highest BCUT2D eigenvalue weighted by molar-refractivity contribution is 7.14. The third-order valence-electron chi connectivity index (χ3n) is 3.25. The molecule has 3 heteroatoms. The van der Waals surface area contributed by atoms with Gasteiger partial charge >= 0.3 is 0 Å². The molecule has 1 aromatic carbocycles. The van der Waals surface area contributed by atoms with Crippen molar-refractivity contribution in [3.63, 3.8) is 0 Å². The van der Waals surface area contributed by atoms with Gasteiger partial charge in [0.1, 0.15) is 5.75 Å². The molecule has 2 rings (SSSR count). The highest BCUT2D eigenvalue weighted by Gasteiger charge is 2.10. The summed E-state index contributed by atoms with van der Waals surface area (Å²) in [5, 5.41) is 0. The van der Waals surface area contributed by atoms with Crippen LogP contribution in [0.5, 0.6) is 5.75 Å². The number of aryl methyl sites for hydroxylation is 2. The Bertz CT molecular complexity index is 611. The van der Waals surface area contributed by atoms with E-state index in [-0.39, 0.29) is 12.4 Å². The first-order valence-electron chi connectivity index (χ1n) is 6.80. The first kappa shape index (κ1) is 14.8. The smallest absolute Gasteiger partial charge is 0.210 e. The molecule has 20 heavy (non-hydrogen) atoms. The fourth-order valence-electron chi connectivity index (χ4n) is 2.19. The summed E-state index contributed by atoms with van der Waals surface area (Å²) in [5.41, 5.74) is 2.52. The molecule has 0 saturated carbocycles. The maximum absolute atomic E-state index is 12.0. The van der Waals surface area contributed by atoms with Gasteiger partial charge in [0, 0.05) is 4.88 Å². The minimum Gasteiger partial charge on any atom is -0.485 e. The zero-order chi connectivity index (χ0) is 14.7. The van der Waals surface area contributed by atoms with E-state index in [0.717, 1.165) is 15.5 Å². The van der Waals surface area contributed by atoms with Gasteiger partial charge in [0.15, 0.2) is 6.61 Å². The lowest BCUT2D eigenvalue weighted by Crippen LogP contribution is -2.10. The van der Waals surface area contributed by atoms with Crippen molar-refractivity contribution in [1.29, 1.82) is 0 Å². The molecule has 0 atom stereocenters. The predicted octanol–water partition coefficient (Wildman–Crippen LogP) is 4.75. The Morgan fingerprint density at radius 3 is 2.50 bits per heavy atom. The predicted molar refractivity (Wildman–Crippen MR) is 84.1 cm³/mol. The Kier molecular flexibility index (Phi) is 4.61. The van der Waals surface area contributed by atoms with Gasteiger partial charge in [0.05, 0.1) is 4.88 Å². The van der Waals surface area contributed by atoms with E-state index < -0.39 is 0 Å². The molecule has 0 bridgehead atoms. The van der Waals surface area contributed by atoms with E-state index >= 15 is 0 Å². The van der Waals surface area contributed by atoms with E-state index in [1.54, 1.807) is 0 Å². The minimum atomic E-state index is 0.0358. The average molecular weight is 288 g/mol. The molecular formula is C17H20O2S. The van der Waals surface area contributed by atoms with Crippen LogP contribution in [0.4, 0.5) is 0 Å². The molecule has 0 radical (unpaired) electrons.